The van der Waals surface area contributed by atoms with Crippen LogP contribution in [0, 0.1) is 0 Å². The lowest BCUT2D eigenvalue weighted by molar-refractivity contribution is 1.70. The van der Waals surface area contributed by atoms with E-state index in [4.69, 9.17) is 0 Å². The van der Waals surface area contributed by atoms with E-state index >= 15 is 0 Å². The third-order valence-electron chi connectivity index (χ3n) is 1.84. The van der Waals surface area contributed by atoms with Crippen molar-refractivity contribution >= 4 is 20.1 Å². The molecule has 0 atom stereocenters. The monoisotopic (exact) mass is 162 g/mol. The molecule has 0 spiro atoms. The second-order valence-corrected chi connectivity index (χ2v) is 5.92. The molecule has 0 radical (unpaired) electrons. The van der Waals surface area contributed by atoms with Crippen molar-refractivity contribution in [3.63, 3.8) is 0 Å². The summed E-state index contributed by atoms with van der Waals surface area (Å²) in [5, 5.41) is 1.52. The molecule has 0 bridgehead atoms. The standard InChI is InChI=1S/C10H14Si/c1-4-9-7-5-6-8-10(9)11(2)3/h4-8,11H,1H2,2-3H3. The summed E-state index contributed by atoms with van der Waals surface area (Å²) in [5.41, 5.74) is 1.31. The zero-order valence-corrected chi connectivity index (χ0v) is 8.33. The van der Waals surface area contributed by atoms with Crippen LogP contribution >= 0.6 is 0 Å². The van der Waals surface area contributed by atoms with E-state index < -0.39 is 8.80 Å². The topological polar surface area (TPSA) is 0 Å². The molecule has 0 aliphatic heterocycles. The Bertz CT molecular complexity index is 251. The summed E-state index contributed by atoms with van der Waals surface area (Å²) in [7, 11) is -0.657. The Labute approximate surface area is 70.2 Å². The molecule has 0 aliphatic rings. The highest BCUT2D eigenvalue weighted by atomic mass is 28.3. The lowest BCUT2D eigenvalue weighted by Crippen LogP contribution is -2.24. The highest BCUT2D eigenvalue weighted by Crippen LogP contribution is 1.99. The molecule has 0 saturated carbocycles. The molecule has 0 heterocycles. The maximum Gasteiger partial charge on any atom is 0.0655 e. The Morgan fingerprint density at radius 3 is 2.36 bits per heavy atom. The number of rotatable bonds is 2. The van der Waals surface area contributed by atoms with E-state index in [0.717, 1.165) is 0 Å². The maximum absolute atomic E-state index is 3.80. The second kappa shape index (κ2) is 3.53. The smallest absolute Gasteiger partial charge is 0.0655 e. The van der Waals surface area contributed by atoms with Crippen molar-refractivity contribution in [2.75, 3.05) is 0 Å². The number of benzene rings is 1. The summed E-state index contributed by atoms with van der Waals surface area (Å²) in [6.45, 7) is 8.47. The van der Waals surface area contributed by atoms with Crippen LogP contribution in [0.3, 0.4) is 0 Å². The van der Waals surface area contributed by atoms with E-state index in [1.807, 2.05) is 6.08 Å². The van der Waals surface area contributed by atoms with Crippen LogP contribution in [0.2, 0.25) is 13.1 Å². The molecule has 0 N–H and O–H groups in total. The Balaban J connectivity index is 3.12. The molecule has 0 aromatic heterocycles. The van der Waals surface area contributed by atoms with Crippen molar-refractivity contribution in [3.8, 4) is 0 Å². The molecule has 1 aromatic carbocycles. The summed E-state index contributed by atoms with van der Waals surface area (Å²) in [6, 6.07) is 8.52. The van der Waals surface area contributed by atoms with E-state index in [1.54, 1.807) is 0 Å². The predicted octanol–water partition coefficient (Wildman–Crippen LogP) is 2.02. The Kier molecular flexibility index (Phi) is 2.66. The fraction of sp³-hybridized carbons (Fsp3) is 0.200. The highest BCUT2D eigenvalue weighted by Gasteiger charge is 2.02. The van der Waals surface area contributed by atoms with Crippen LogP contribution in [0.25, 0.3) is 6.08 Å². The Morgan fingerprint density at radius 1 is 1.27 bits per heavy atom. The molecule has 1 rings (SSSR count). The number of hydrogen-bond donors (Lipinski definition) is 0. The van der Waals surface area contributed by atoms with Gasteiger partial charge in [-0.05, 0) is 5.56 Å². The van der Waals surface area contributed by atoms with Gasteiger partial charge in [-0.1, -0.05) is 55.2 Å². The first-order valence-corrected chi connectivity index (χ1v) is 6.85. The summed E-state index contributed by atoms with van der Waals surface area (Å²) >= 11 is 0. The molecular formula is C10H14Si. The molecule has 58 valence electrons. The second-order valence-electron chi connectivity index (χ2n) is 2.99. The lowest BCUT2D eigenvalue weighted by Gasteiger charge is -2.06. The van der Waals surface area contributed by atoms with Gasteiger partial charge in [0.25, 0.3) is 0 Å². The molecule has 0 fully saturated rings. The van der Waals surface area contributed by atoms with E-state index in [9.17, 15) is 0 Å². The third kappa shape index (κ3) is 1.81. The van der Waals surface area contributed by atoms with E-state index in [-0.39, 0.29) is 0 Å². The predicted molar refractivity (Wildman–Crippen MR) is 55.0 cm³/mol. The first-order valence-electron chi connectivity index (χ1n) is 3.97. The molecule has 0 nitrogen and oxygen atoms in total. The van der Waals surface area contributed by atoms with Gasteiger partial charge in [0.1, 0.15) is 0 Å². The van der Waals surface area contributed by atoms with Gasteiger partial charge in [-0.2, -0.15) is 0 Å². The van der Waals surface area contributed by atoms with Gasteiger partial charge in [0.15, 0.2) is 0 Å². The molecule has 11 heavy (non-hydrogen) atoms. The van der Waals surface area contributed by atoms with Crippen molar-refractivity contribution < 1.29 is 0 Å². The summed E-state index contributed by atoms with van der Waals surface area (Å²) in [6.07, 6.45) is 1.95. The minimum atomic E-state index is -0.657. The third-order valence-corrected chi connectivity index (χ3v) is 3.61. The average molecular weight is 162 g/mol. The van der Waals surface area contributed by atoms with Crippen LogP contribution in [0.5, 0.6) is 0 Å². The summed E-state index contributed by atoms with van der Waals surface area (Å²) in [5.74, 6) is 0. The Hall–Kier alpha value is -0.823. The van der Waals surface area contributed by atoms with Gasteiger partial charge in [-0.25, -0.2) is 0 Å². The highest BCUT2D eigenvalue weighted by molar-refractivity contribution is 6.71. The minimum Gasteiger partial charge on any atom is -0.0985 e. The van der Waals surface area contributed by atoms with Gasteiger partial charge in [0.05, 0.1) is 8.80 Å². The van der Waals surface area contributed by atoms with E-state index in [2.05, 4.69) is 43.9 Å². The zero-order valence-electron chi connectivity index (χ0n) is 7.17. The lowest BCUT2D eigenvalue weighted by atomic mass is 10.2. The van der Waals surface area contributed by atoms with Crippen LogP contribution in [-0.4, -0.2) is 8.80 Å². The molecule has 1 aromatic rings. The fourth-order valence-corrected chi connectivity index (χ4v) is 2.60. The molecule has 1 heteroatoms. The van der Waals surface area contributed by atoms with Crippen molar-refractivity contribution in [1.82, 2.24) is 0 Å². The normalized spacial score (nSPS) is 10.1. The minimum absolute atomic E-state index is 0.657. The maximum atomic E-state index is 3.80. The van der Waals surface area contributed by atoms with Gasteiger partial charge in [-0.3, -0.25) is 0 Å². The molecule has 0 aliphatic carbocycles. The van der Waals surface area contributed by atoms with Gasteiger partial charge < -0.3 is 0 Å². The van der Waals surface area contributed by atoms with Crippen molar-refractivity contribution in [2.24, 2.45) is 0 Å². The van der Waals surface area contributed by atoms with Gasteiger partial charge >= 0.3 is 0 Å². The molecular weight excluding hydrogens is 148 g/mol. The molecule has 0 saturated heterocycles. The van der Waals surface area contributed by atoms with Gasteiger partial charge in [-0.15, -0.1) is 0 Å². The van der Waals surface area contributed by atoms with Crippen LogP contribution in [0.15, 0.2) is 30.8 Å². The van der Waals surface area contributed by atoms with E-state index in [0.29, 0.717) is 0 Å². The van der Waals surface area contributed by atoms with E-state index in [1.165, 1.54) is 10.8 Å². The van der Waals surface area contributed by atoms with Gasteiger partial charge in [0, 0.05) is 0 Å². The summed E-state index contributed by atoms with van der Waals surface area (Å²) < 4.78 is 0. The zero-order chi connectivity index (χ0) is 8.27. The van der Waals surface area contributed by atoms with Crippen LogP contribution in [0.1, 0.15) is 5.56 Å². The van der Waals surface area contributed by atoms with Crippen LogP contribution < -0.4 is 5.19 Å². The van der Waals surface area contributed by atoms with Gasteiger partial charge in [0.2, 0.25) is 0 Å². The van der Waals surface area contributed by atoms with Crippen molar-refractivity contribution in [1.29, 1.82) is 0 Å². The first-order chi connectivity index (χ1) is 5.25. The van der Waals surface area contributed by atoms with Crippen molar-refractivity contribution in [3.05, 3.63) is 36.4 Å². The molecule has 0 unspecified atom stereocenters. The SMILES string of the molecule is C=Cc1ccccc1[SiH](C)C. The molecule has 0 amide bonds. The fourth-order valence-electron chi connectivity index (χ4n) is 1.22. The van der Waals surface area contributed by atoms with Crippen LogP contribution in [-0.2, 0) is 0 Å². The largest absolute Gasteiger partial charge is 0.0985 e. The number of hydrogen-bond acceptors (Lipinski definition) is 0. The van der Waals surface area contributed by atoms with Crippen molar-refractivity contribution in [2.45, 2.75) is 13.1 Å². The quantitative estimate of drug-likeness (QED) is 0.584. The first kappa shape index (κ1) is 8.28. The summed E-state index contributed by atoms with van der Waals surface area (Å²) in [4.78, 5) is 0. The Morgan fingerprint density at radius 2 is 1.91 bits per heavy atom. The van der Waals surface area contributed by atoms with Crippen LogP contribution in [0.4, 0.5) is 0 Å². The average Bonchev–Trinajstić information content (AvgIpc) is 2.04.